The Labute approximate surface area is 189 Å². The topological polar surface area (TPSA) is 55.6 Å². The number of hydrogen-bond donors (Lipinski definition) is 2. The number of hydrogen-bond acceptors (Lipinski definition) is 2. The van der Waals surface area contributed by atoms with E-state index in [1.54, 1.807) is 12.1 Å². The maximum absolute atomic E-state index is 11.3. The maximum Gasteiger partial charge on any atom is 0.335 e. The number of carboxylic acids is 1. The van der Waals surface area contributed by atoms with Gasteiger partial charge in [0.1, 0.15) is 11.2 Å². The van der Waals surface area contributed by atoms with E-state index in [1.807, 2.05) is 12.1 Å². The smallest absolute Gasteiger partial charge is 0.335 e. The van der Waals surface area contributed by atoms with Crippen LogP contribution in [0.1, 0.15) is 54.1 Å². The van der Waals surface area contributed by atoms with E-state index in [0.29, 0.717) is 11.0 Å². The van der Waals surface area contributed by atoms with E-state index in [1.165, 1.54) is 16.8 Å². The summed E-state index contributed by atoms with van der Waals surface area (Å²) in [6.07, 6.45) is 4.23. The van der Waals surface area contributed by atoms with Crippen molar-refractivity contribution in [3.8, 4) is 0 Å². The van der Waals surface area contributed by atoms with E-state index in [-0.39, 0.29) is 11.1 Å². The van der Waals surface area contributed by atoms with Crippen molar-refractivity contribution >= 4 is 40.5 Å². The van der Waals surface area contributed by atoms with Crippen molar-refractivity contribution in [2.75, 3.05) is 11.9 Å². The summed E-state index contributed by atoms with van der Waals surface area (Å²) < 4.78 is 2.28. The molecule has 0 bridgehead atoms. The molecule has 31 heavy (non-hydrogen) atoms. The van der Waals surface area contributed by atoms with Crippen LogP contribution < -0.4 is 10.2 Å². The molecule has 0 amide bonds. The zero-order valence-corrected chi connectivity index (χ0v) is 19.4. The van der Waals surface area contributed by atoms with Gasteiger partial charge in [0, 0.05) is 5.69 Å². The van der Waals surface area contributed by atoms with Gasteiger partial charge in [-0.1, -0.05) is 25.1 Å². The molecule has 1 heterocycles. The number of aromatic carboxylic acids is 1. The van der Waals surface area contributed by atoms with Gasteiger partial charge in [-0.05, 0) is 93.1 Å². The van der Waals surface area contributed by atoms with Crippen molar-refractivity contribution in [1.29, 1.82) is 0 Å². The molecule has 0 aromatic heterocycles. The van der Waals surface area contributed by atoms with E-state index in [2.05, 4.69) is 60.8 Å². The average molecular weight is 437 g/mol. The van der Waals surface area contributed by atoms with E-state index < -0.39 is 5.97 Å². The summed E-state index contributed by atoms with van der Waals surface area (Å²) in [5.74, 6) is 0.879. The number of benzene rings is 2. The molecule has 2 N–H and O–H groups in total. The molecule has 0 radical (unpaired) electrons. The molecule has 5 nitrogen and oxygen atoms in total. The maximum atomic E-state index is 11.3. The molecule has 2 aromatic rings. The number of carboxylic acid groups (broad SMARTS) is 1. The highest BCUT2D eigenvalue weighted by molar-refractivity contribution is 7.80. The van der Waals surface area contributed by atoms with E-state index in [0.717, 1.165) is 37.2 Å². The van der Waals surface area contributed by atoms with Crippen molar-refractivity contribution < 1.29 is 14.5 Å². The van der Waals surface area contributed by atoms with Crippen LogP contribution >= 0.6 is 12.2 Å². The fourth-order valence-electron chi connectivity index (χ4n) is 5.23. The number of carbonyl (C=O) groups is 1. The van der Waals surface area contributed by atoms with Crippen molar-refractivity contribution in [1.82, 2.24) is 5.32 Å². The second-order valence-corrected chi connectivity index (χ2v) is 9.37. The summed E-state index contributed by atoms with van der Waals surface area (Å²) in [6.45, 7) is 6.60. The molecule has 6 heteroatoms. The Hall–Kier alpha value is -2.73. The van der Waals surface area contributed by atoms with Gasteiger partial charge in [0.15, 0.2) is 0 Å². The summed E-state index contributed by atoms with van der Waals surface area (Å²) in [5.41, 5.74) is 4.61. The number of aryl methyl sites for hydroxylation is 2. The van der Waals surface area contributed by atoms with Crippen LogP contribution in [0.5, 0.6) is 0 Å². The predicted octanol–water partition coefficient (Wildman–Crippen LogP) is 5.02. The quantitative estimate of drug-likeness (QED) is 0.523. The Kier molecular flexibility index (Phi) is 5.60. The lowest BCUT2D eigenvalue weighted by Gasteiger charge is -2.40. The number of thiocarbonyl (C=S) groups is 1. The molecule has 4 rings (SSSR count). The third kappa shape index (κ3) is 3.63. The molecular weight excluding hydrogens is 406 g/mol. The molecule has 1 aliphatic carbocycles. The molecule has 2 fully saturated rings. The van der Waals surface area contributed by atoms with Crippen LogP contribution in [-0.4, -0.2) is 39.2 Å². The lowest BCUT2D eigenvalue weighted by Crippen LogP contribution is -2.54. The monoisotopic (exact) mass is 436 g/mol. The minimum absolute atomic E-state index is 0.266. The minimum atomic E-state index is -0.920. The van der Waals surface area contributed by atoms with E-state index in [9.17, 15) is 9.90 Å². The van der Waals surface area contributed by atoms with Crippen LogP contribution in [0.3, 0.4) is 0 Å². The third-order valence-electron chi connectivity index (χ3n) is 6.88. The van der Waals surface area contributed by atoms with Gasteiger partial charge in [-0.3, -0.25) is 4.90 Å². The van der Waals surface area contributed by atoms with Gasteiger partial charge in [-0.2, -0.15) is 0 Å². The lowest BCUT2D eigenvalue weighted by atomic mass is 9.75. The Morgan fingerprint density at radius 2 is 1.71 bits per heavy atom. The summed E-state index contributed by atoms with van der Waals surface area (Å²) in [6, 6.07) is 13.4. The first-order valence-corrected chi connectivity index (χ1v) is 11.3. The lowest BCUT2D eigenvalue weighted by molar-refractivity contribution is -0.411. The molecular formula is C25H30N3O2S+. The van der Waals surface area contributed by atoms with Crippen LogP contribution in [0.4, 0.5) is 11.4 Å². The number of para-hydroxylation sites is 1. The second kappa shape index (κ2) is 8.08. The first-order chi connectivity index (χ1) is 14.7. The molecule has 2 aliphatic rings. The van der Waals surface area contributed by atoms with Gasteiger partial charge in [0.05, 0.1) is 12.6 Å². The minimum Gasteiger partial charge on any atom is -0.478 e. The largest absolute Gasteiger partial charge is 0.478 e. The Morgan fingerprint density at radius 3 is 2.26 bits per heavy atom. The Morgan fingerprint density at radius 1 is 1.13 bits per heavy atom. The first-order valence-electron chi connectivity index (χ1n) is 10.9. The van der Waals surface area contributed by atoms with Crippen LogP contribution in [0, 0.1) is 19.8 Å². The van der Waals surface area contributed by atoms with Gasteiger partial charge in [-0.15, -0.1) is 0 Å². The van der Waals surface area contributed by atoms with E-state index in [4.69, 9.17) is 12.2 Å². The molecule has 2 aromatic carbocycles. The Bertz CT molecular complexity index is 1050. The van der Waals surface area contributed by atoms with Crippen molar-refractivity contribution in [3.05, 3.63) is 59.2 Å². The Balaban J connectivity index is 1.87. The van der Waals surface area contributed by atoms with Crippen molar-refractivity contribution in [2.24, 2.45) is 5.92 Å². The number of nitrogens with one attached hydrogen (secondary N) is 1. The molecule has 1 saturated carbocycles. The average Bonchev–Trinajstić information content (AvgIpc) is 3.02. The van der Waals surface area contributed by atoms with Crippen molar-refractivity contribution in [3.63, 3.8) is 0 Å². The fourth-order valence-corrected chi connectivity index (χ4v) is 5.61. The third-order valence-corrected chi connectivity index (χ3v) is 7.17. The van der Waals surface area contributed by atoms with E-state index >= 15 is 0 Å². The molecule has 1 aliphatic heterocycles. The van der Waals surface area contributed by atoms with Crippen LogP contribution in [0.25, 0.3) is 0 Å². The van der Waals surface area contributed by atoms with Crippen LogP contribution in [-0.2, 0) is 0 Å². The fraction of sp³-hybridized carbons (Fsp3) is 0.400. The number of anilines is 1. The number of rotatable bonds is 3. The highest BCUT2D eigenvalue weighted by Crippen LogP contribution is 2.43. The van der Waals surface area contributed by atoms with Crippen molar-refractivity contribution in [2.45, 2.75) is 52.0 Å². The zero-order chi connectivity index (χ0) is 22.3. The van der Waals surface area contributed by atoms with Crippen LogP contribution in [0.2, 0.25) is 0 Å². The predicted molar refractivity (Wildman–Crippen MR) is 129 cm³/mol. The molecule has 0 atom stereocenters. The standard InChI is InChI=1S/C25H29N3O2S/c1-16-12-14-25(15-13-16)23(27(4)21-17(2)6-5-7-18(21)3)26-24(31)28(25)20-10-8-19(9-11-20)22(29)30/h5-11,16H,12-15H2,1-4H3,(H,29,30)/p+1. The SMILES string of the molecule is Cc1cccc(C)c1[N+](C)=C1NC(=S)N(c2ccc(C(=O)O)cc2)C12CCC(C)CC2. The molecule has 162 valence electrons. The number of nitrogens with zero attached hydrogens (tertiary/aromatic N) is 2. The molecule has 0 unspecified atom stereocenters. The zero-order valence-electron chi connectivity index (χ0n) is 18.6. The normalized spacial score (nSPS) is 25.0. The van der Waals surface area contributed by atoms with Gasteiger partial charge in [-0.25, -0.2) is 14.7 Å². The highest BCUT2D eigenvalue weighted by atomic mass is 32.1. The van der Waals surface area contributed by atoms with Gasteiger partial charge in [0.25, 0.3) is 10.9 Å². The first kappa shape index (κ1) is 21.5. The molecule has 1 saturated heterocycles. The number of amidine groups is 1. The van der Waals surface area contributed by atoms with Gasteiger partial charge >= 0.3 is 5.97 Å². The molecule has 1 spiro atoms. The summed E-state index contributed by atoms with van der Waals surface area (Å²) >= 11 is 5.85. The van der Waals surface area contributed by atoms with Crippen LogP contribution in [0.15, 0.2) is 42.5 Å². The summed E-state index contributed by atoms with van der Waals surface area (Å²) in [7, 11) is 2.12. The summed E-state index contributed by atoms with van der Waals surface area (Å²) in [4.78, 5) is 13.6. The summed E-state index contributed by atoms with van der Waals surface area (Å²) in [5, 5.41) is 13.5. The van der Waals surface area contributed by atoms with Gasteiger partial charge in [0.2, 0.25) is 0 Å². The van der Waals surface area contributed by atoms with Gasteiger partial charge < -0.3 is 5.11 Å². The highest BCUT2D eigenvalue weighted by Gasteiger charge is 2.57. The second-order valence-electron chi connectivity index (χ2n) is 8.98.